The van der Waals surface area contributed by atoms with E-state index in [0.29, 0.717) is 12.3 Å². The smallest absolute Gasteiger partial charge is 0.325 e. The summed E-state index contributed by atoms with van der Waals surface area (Å²) in [5.41, 5.74) is 5.64. The van der Waals surface area contributed by atoms with Crippen LogP contribution in [0.25, 0.3) is 0 Å². The van der Waals surface area contributed by atoms with Crippen molar-refractivity contribution in [3.63, 3.8) is 0 Å². The molecule has 74 valence electrons. The maximum atomic E-state index is 10.5. The molecular formula is C7H18NO3P. The Bertz CT molecular complexity index is 166. The summed E-state index contributed by atoms with van der Waals surface area (Å²) >= 11 is 0. The molecule has 0 aromatic rings. The highest BCUT2D eigenvalue weighted by Gasteiger charge is 2.15. The Hall–Kier alpha value is 0.110. The topological polar surface area (TPSA) is 83.6 Å². The quantitative estimate of drug-likeness (QED) is 0.570. The van der Waals surface area contributed by atoms with Crippen molar-refractivity contribution in [2.75, 3.05) is 6.16 Å². The van der Waals surface area contributed by atoms with Gasteiger partial charge in [0.1, 0.15) is 0 Å². The van der Waals surface area contributed by atoms with Gasteiger partial charge in [-0.15, -0.1) is 0 Å². The monoisotopic (exact) mass is 195 g/mol. The van der Waals surface area contributed by atoms with E-state index in [1.165, 1.54) is 0 Å². The second kappa shape index (κ2) is 4.97. The minimum atomic E-state index is -3.84. The van der Waals surface area contributed by atoms with Gasteiger partial charge >= 0.3 is 7.60 Å². The zero-order chi connectivity index (χ0) is 9.78. The molecule has 0 spiro atoms. The highest BCUT2D eigenvalue weighted by atomic mass is 31.2. The Morgan fingerprint density at radius 2 is 1.92 bits per heavy atom. The summed E-state index contributed by atoms with van der Waals surface area (Å²) in [5, 5.41) is 0. The van der Waals surface area contributed by atoms with Crippen LogP contribution in [-0.4, -0.2) is 22.0 Å². The first-order chi connectivity index (χ1) is 5.31. The summed E-state index contributed by atoms with van der Waals surface area (Å²) in [6.45, 7) is 4.08. The molecule has 0 rings (SSSR count). The van der Waals surface area contributed by atoms with Crippen LogP contribution in [-0.2, 0) is 4.57 Å². The molecule has 0 aliphatic heterocycles. The largest absolute Gasteiger partial charge is 0.328 e. The lowest BCUT2D eigenvalue weighted by Crippen LogP contribution is -2.23. The van der Waals surface area contributed by atoms with Crippen molar-refractivity contribution in [3.05, 3.63) is 0 Å². The summed E-state index contributed by atoms with van der Waals surface area (Å²) < 4.78 is 10.5. The molecule has 0 saturated carbocycles. The van der Waals surface area contributed by atoms with Crippen LogP contribution in [0.5, 0.6) is 0 Å². The Morgan fingerprint density at radius 1 is 1.42 bits per heavy atom. The summed E-state index contributed by atoms with van der Waals surface area (Å²) in [6.07, 6.45) is 1.13. The lowest BCUT2D eigenvalue weighted by molar-refractivity contribution is 0.366. The Labute approximate surface area is 73.3 Å². The molecule has 1 atom stereocenters. The molecule has 12 heavy (non-hydrogen) atoms. The third-order valence-corrected chi connectivity index (χ3v) is 2.41. The summed E-state index contributed by atoms with van der Waals surface area (Å²) in [6, 6.07) is -0.0855. The minimum absolute atomic E-state index is 0.0855. The van der Waals surface area contributed by atoms with Crippen LogP contribution in [0.2, 0.25) is 0 Å². The van der Waals surface area contributed by atoms with Gasteiger partial charge in [0.25, 0.3) is 0 Å². The van der Waals surface area contributed by atoms with Crippen molar-refractivity contribution in [1.82, 2.24) is 0 Å². The molecule has 0 bridgehead atoms. The van der Waals surface area contributed by atoms with Crippen LogP contribution in [0.4, 0.5) is 0 Å². The van der Waals surface area contributed by atoms with E-state index in [1.807, 2.05) is 13.8 Å². The van der Waals surface area contributed by atoms with Crippen LogP contribution in [0.15, 0.2) is 0 Å². The SMILES string of the molecule is CC(C)C[C@@H](N)CCP(=O)(O)O. The van der Waals surface area contributed by atoms with Gasteiger partial charge < -0.3 is 15.5 Å². The number of nitrogens with two attached hydrogens (primary N) is 1. The van der Waals surface area contributed by atoms with Crippen LogP contribution in [0, 0.1) is 5.92 Å². The van der Waals surface area contributed by atoms with Crippen LogP contribution < -0.4 is 5.73 Å². The van der Waals surface area contributed by atoms with Crippen molar-refractivity contribution >= 4 is 7.60 Å². The summed E-state index contributed by atoms with van der Waals surface area (Å²) in [7, 11) is -3.84. The molecule has 4 N–H and O–H groups in total. The van der Waals surface area contributed by atoms with E-state index in [4.69, 9.17) is 15.5 Å². The minimum Gasteiger partial charge on any atom is -0.328 e. The predicted octanol–water partition coefficient (Wildman–Crippen LogP) is 0.928. The van der Waals surface area contributed by atoms with Crippen molar-refractivity contribution in [3.8, 4) is 0 Å². The molecule has 0 heterocycles. The van der Waals surface area contributed by atoms with E-state index in [9.17, 15) is 4.57 Å². The van der Waals surface area contributed by atoms with Crippen molar-refractivity contribution in [2.24, 2.45) is 11.7 Å². The van der Waals surface area contributed by atoms with Crippen LogP contribution in [0.1, 0.15) is 26.7 Å². The van der Waals surface area contributed by atoms with Gasteiger partial charge in [-0.3, -0.25) is 4.57 Å². The Kier molecular flexibility index (Phi) is 5.02. The molecule has 0 saturated heterocycles. The maximum Gasteiger partial charge on any atom is 0.325 e. The average Bonchev–Trinajstić information content (AvgIpc) is 1.80. The van der Waals surface area contributed by atoms with Crippen molar-refractivity contribution in [1.29, 1.82) is 0 Å². The normalized spacial score (nSPS) is 15.2. The van der Waals surface area contributed by atoms with Gasteiger partial charge in [0.15, 0.2) is 0 Å². The first-order valence-electron chi connectivity index (χ1n) is 4.11. The Balaban J connectivity index is 3.58. The molecule has 0 unspecified atom stereocenters. The number of rotatable bonds is 5. The van der Waals surface area contributed by atoms with Crippen LogP contribution >= 0.6 is 7.60 Å². The summed E-state index contributed by atoms with van der Waals surface area (Å²) in [4.78, 5) is 17.1. The second-order valence-corrected chi connectivity index (χ2v) is 5.34. The molecule has 0 aromatic carbocycles. The highest BCUT2D eigenvalue weighted by Crippen LogP contribution is 2.35. The van der Waals surface area contributed by atoms with Crippen molar-refractivity contribution in [2.45, 2.75) is 32.7 Å². The predicted molar refractivity (Wildman–Crippen MR) is 49.0 cm³/mol. The third-order valence-electron chi connectivity index (χ3n) is 1.57. The van der Waals surface area contributed by atoms with E-state index >= 15 is 0 Å². The number of hydrogen-bond donors (Lipinski definition) is 3. The van der Waals surface area contributed by atoms with Gasteiger partial charge in [0.2, 0.25) is 0 Å². The standard InChI is InChI=1S/C7H18NO3P/c1-6(2)5-7(8)3-4-12(9,10)11/h6-7H,3-5,8H2,1-2H3,(H2,9,10,11)/t7-/m0/s1. The lowest BCUT2D eigenvalue weighted by atomic mass is 10.0. The van der Waals surface area contributed by atoms with Gasteiger partial charge in [0.05, 0.1) is 6.16 Å². The average molecular weight is 195 g/mol. The molecule has 0 fully saturated rings. The van der Waals surface area contributed by atoms with Gasteiger partial charge in [-0.2, -0.15) is 0 Å². The van der Waals surface area contributed by atoms with E-state index in [0.717, 1.165) is 6.42 Å². The molecule has 0 amide bonds. The fraction of sp³-hybridized carbons (Fsp3) is 1.00. The first kappa shape index (κ1) is 12.1. The zero-order valence-corrected chi connectivity index (χ0v) is 8.50. The van der Waals surface area contributed by atoms with Gasteiger partial charge in [-0.25, -0.2) is 0 Å². The molecular weight excluding hydrogens is 177 g/mol. The van der Waals surface area contributed by atoms with Crippen molar-refractivity contribution < 1.29 is 14.4 Å². The molecule has 0 aliphatic rings. The van der Waals surface area contributed by atoms with Crippen LogP contribution in [0.3, 0.4) is 0 Å². The van der Waals surface area contributed by atoms with Gasteiger partial charge in [-0.05, 0) is 18.8 Å². The van der Waals surface area contributed by atoms with E-state index in [2.05, 4.69) is 0 Å². The molecule has 0 aromatic heterocycles. The Morgan fingerprint density at radius 3 is 2.25 bits per heavy atom. The highest BCUT2D eigenvalue weighted by molar-refractivity contribution is 7.51. The van der Waals surface area contributed by atoms with E-state index < -0.39 is 7.60 Å². The fourth-order valence-electron chi connectivity index (χ4n) is 1.06. The van der Waals surface area contributed by atoms with Gasteiger partial charge in [-0.1, -0.05) is 13.8 Å². The van der Waals surface area contributed by atoms with E-state index in [-0.39, 0.29) is 12.2 Å². The number of hydrogen-bond acceptors (Lipinski definition) is 2. The first-order valence-corrected chi connectivity index (χ1v) is 5.91. The zero-order valence-electron chi connectivity index (χ0n) is 7.60. The molecule has 5 heteroatoms. The lowest BCUT2D eigenvalue weighted by Gasteiger charge is -2.13. The fourth-order valence-corrected chi connectivity index (χ4v) is 1.73. The molecule has 4 nitrogen and oxygen atoms in total. The molecule has 0 aliphatic carbocycles. The summed E-state index contributed by atoms with van der Waals surface area (Å²) in [5.74, 6) is 0.483. The second-order valence-electron chi connectivity index (χ2n) is 3.57. The van der Waals surface area contributed by atoms with E-state index in [1.54, 1.807) is 0 Å². The molecule has 0 radical (unpaired) electrons. The van der Waals surface area contributed by atoms with Gasteiger partial charge in [0, 0.05) is 6.04 Å². The third kappa shape index (κ3) is 8.21. The maximum absolute atomic E-state index is 10.5.